The van der Waals surface area contributed by atoms with E-state index in [2.05, 4.69) is 25.9 Å². The zero-order valence-electron chi connectivity index (χ0n) is 7.53. The fourth-order valence-electron chi connectivity index (χ4n) is 1.54. The highest BCUT2D eigenvalue weighted by molar-refractivity contribution is 9.10. The average Bonchev–Trinajstić information content (AvgIpc) is 2.12. The van der Waals surface area contributed by atoms with Crippen molar-refractivity contribution in [2.75, 3.05) is 18.0 Å². The Bertz CT molecular complexity index is 389. The molecule has 2 heterocycles. The summed E-state index contributed by atoms with van der Waals surface area (Å²) in [5.41, 5.74) is 5.42. The van der Waals surface area contributed by atoms with Gasteiger partial charge in [-0.05, 0) is 22.4 Å². The Morgan fingerprint density at radius 2 is 2.57 bits per heavy atom. The molecule has 2 rings (SSSR count). The van der Waals surface area contributed by atoms with Crippen molar-refractivity contribution in [3.63, 3.8) is 0 Å². The number of halogens is 1. The molecule has 0 radical (unpaired) electrons. The molecule has 1 aromatic rings. The van der Waals surface area contributed by atoms with Crippen LogP contribution in [0.2, 0.25) is 0 Å². The Morgan fingerprint density at radius 1 is 1.79 bits per heavy atom. The van der Waals surface area contributed by atoms with Gasteiger partial charge < -0.3 is 15.6 Å². The zero-order valence-corrected chi connectivity index (χ0v) is 9.12. The van der Waals surface area contributed by atoms with Crippen molar-refractivity contribution in [2.24, 2.45) is 5.73 Å². The van der Waals surface area contributed by atoms with Crippen molar-refractivity contribution in [1.82, 2.24) is 9.97 Å². The van der Waals surface area contributed by atoms with Crippen LogP contribution in [0.4, 0.5) is 5.82 Å². The molecule has 1 saturated heterocycles. The van der Waals surface area contributed by atoms with E-state index >= 15 is 0 Å². The van der Waals surface area contributed by atoms with Gasteiger partial charge in [-0.1, -0.05) is 0 Å². The highest BCUT2D eigenvalue weighted by Gasteiger charge is 2.29. The van der Waals surface area contributed by atoms with Crippen LogP contribution in [0.25, 0.3) is 0 Å². The third-order valence-electron chi connectivity index (χ3n) is 2.47. The number of aromatic nitrogens is 2. The number of aromatic amines is 1. The number of nitrogens with zero attached hydrogens (tertiary/aromatic N) is 2. The molecule has 1 fully saturated rings. The van der Waals surface area contributed by atoms with Crippen LogP contribution in [0.15, 0.2) is 15.6 Å². The standard InChI is InChI=1S/C8H11BrN4O/c9-6-7(11-4-12-8(6)14)13-2-1-5(13)3-10/h4-5H,1-3,10H2,(H,11,12,14). The molecule has 0 aromatic carbocycles. The summed E-state index contributed by atoms with van der Waals surface area (Å²) in [6, 6.07) is 0.320. The Hall–Kier alpha value is -0.880. The average molecular weight is 259 g/mol. The molecule has 1 atom stereocenters. The summed E-state index contributed by atoms with van der Waals surface area (Å²) in [6.45, 7) is 1.51. The Balaban J connectivity index is 2.33. The highest BCUT2D eigenvalue weighted by atomic mass is 79.9. The van der Waals surface area contributed by atoms with Gasteiger partial charge in [0.1, 0.15) is 4.47 Å². The van der Waals surface area contributed by atoms with Gasteiger partial charge in [-0.25, -0.2) is 4.98 Å². The Labute approximate surface area is 89.5 Å². The minimum atomic E-state index is -0.155. The summed E-state index contributed by atoms with van der Waals surface area (Å²) in [6.07, 6.45) is 2.48. The maximum Gasteiger partial charge on any atom is 0.267 e. The minimum absolute atomic E-state index is 0.155. The molecule has 5 nitrogen and oxygen atoms in total. The van der Waals surface area contributed by atoms with E-state index in [1.54, 1.807) is 0 Å². The second-order valence-corrected chi connectivity index (χ2v) is 4.03. The molecule has 3 N–H and O–H groups in total. The maximum atomic E-state index is 11.3. The first kappa shape index (κ1) is 9.67. The molecule has 0 saturated carbocycles. The second-order valence-electron chi connectivity index (χ2n) is 3.24. The maximum absolute atomic E-state index is 11.3. The number of rotatable bonds is 2. The summed E-state index contributed by atoms with van der Waals surface area (Å²) >= 11 is 3.22. The van der Waals surface area contributed by atoms with Crippen LogP contribution < -0.4 is 16.2 Å². The van der Waals surface area contributed by atoms with E-state index in [0.717, 1.165) is 13.0 Å². The number of hydrogen-bond acceptors (Lipinski definition) is 4. The van der Waals surface area contributed by atoms with Gasteiger partial charge in [0.05, 0.1) is 6.33 Å². The summed E-state index contributed by atoms with van der Waals surface area (Å²) in [5, 5.41) is 0. The van der Waals surface area contributed by atoms with Gasteiger partial charge in [0.25, 0.3) is 5.56 Å². The third kappa shape index (κ3) is 1.44. The molecule has 0 spiro atoms. The summed E-state index contributed by atoms with van der Waals surface area (Å²) in [4.78, 5) is 20.0. The molecular weight excluding hydrogens is 248 g/mol. The van der Waals surface area contributed by atoms with Gasteiger partial charge >= 0.3 is 0 Å². The van der Waals surface area contributed by atoms with Gasteiger partial charge in [0.2, 0.25) is 0 Å². The van der Waals surface area contributed by atoms with Crippen LogP contribution in [-0.4, -0.2) is 29.1 Å². The monoisotopic (exact) mass is 258 g/mol. The molecule has 1 aliphatic rings. The molecule has 1 aromatic heterocycles. The zero-order chi connectivity index (χ0) is 10.1. The van der Waals surface area contributed by atoms with Gasteiger partial charge in [-0.2, -0.15) is 0 Å². The quantitative estimate of drug-likeness (QED) is 0.788. The highest BCUT2D eigenvalue weighted by Crippen LogP contribution is 2.27. The lowest BCUT2D eigenvalue weighted by atomic mass is 10.0. The molecule has 1 unspecified atom stereocenters. The van der Waals surface area contributed by atoms with Crippen molar-refractivity contribution in [1.29, 1.82) is 0 Å². The van der Waals surface area contributed by atoms with Crippen LogP contribution in [0.5, 0.6) is 0 Å². The van der Waals surface area contributed by atoms with Crippen molar-refractivity contribution < 1.29 is 0 Å². The summed E-state index contributed by atoms with van der Waals surface area (Å²) in [5.74, 6) is 0.690. The molecule has 76 valence electrons. The number of hydrogen-bond donors (Lipinski definition) is 2. The van der Waals surface area contributed by atoms with E-state index in [1.807, 2.05) is 4.90 Å². The molecular formula is C8H11BrN4O. The van der Waals surface area contributed by atoms with E-state index in [9.17, 15) is 4.79 Å². The Kier molecular flexibility index (Phi) is 2.56. The molecule has 0 amide bonds. The lowest BCUT2D eigenvalue weighted by Crippen LogP contribution is -2.52. The molecule has 0 aliphatic carbocycles. The fraction of sp³-hybridized carbons (Fsp3) is 0.500. The van der Waals surface area contributed by atoms with Crippen molar-refractivity contribution in [3.8, 4) is 0 Å². The van der Waals surface area contributed by atoms with Crippen LogP contribution in [0.3, 0.4) is 0 Å². The van der Waals surface area contributed by atoms with E-state index in [-0.39, 0.29) is 5.56 Å². The number of H-pyrrole nitrogens is 1. The Morgan fingerprint density at radius 3 is 3.14 bits per heavy atom. The predicted molar refractivity (Wildman–Crippen MR) is 57.4 cm³/mol. The van der Waals surface area contributed by atoms with E-state index in [1.165, 1.54) is 6.33 Å². The summed E-state index contributed by atoms with van der Waals surface area (Å²) < 4.78 is 0.484. The molecule has 6 heteroatoms. The first-order valence-electron chi connectivity index (χ1n) is 4.44. The largest absolute Gasteiger partial charge is 0.351 e. The number of nitrogens with one attached hydrogen (secondary N) is 1. The van der Waals surface area contributed by atoms with Crippen LogP contribution in [0.1, 0.15) is 6.42 Å². The van der Waals surface area contributed by atoms with Gasteiger partial charge in [0.15, 0.2) is 5.82 Å². The van der Waals surface area contributed by atoms with E-state index < -0.39 is 0 Å². The van der Waals surface area contributed by atoms with E-state index in [4.69, 9.17) is 5.73 Å². The van der Waals surface area contributed by atoms with Crippen LogP contribution >= 0.6 is 15.9 Å². The summed E-state index contributed by atoms with van der Waals surface area (Å²) in [7, 11) is 0. The van der Waals surface area contributed by atoms with Crippen molar-refractivity contribution >= 4 is 21.7 Å². The molecule has 0 bridgehead atoms. The van der Waals surface area contributed by atoms with E-state index in [0.29, 0.717) is 22.9 Å². The van der Waals surface area contributed by atoms with Gasteiger partial charge in [-0.3, -0.25) is 4.79 Å². The van der Waals surface area contributed by atoms with Crippen molar-refractivity contribution in [3.05, 3.63) is 21.2 Å². The molecule has 14 heavy (non-hydrogen) atoms. The minimum Gasteiger partial charge on any atom is -0.351 e. The van der Waals surface area contributed by atoms with Crippen LogP contribution in [0, 0.1) is 0 Å². The predicted octanol–water partition coefficient (Wildman–Crippen LogP) is 0.0698. The number of nitrogens with two attached hydrogens (primary N) is 1. The smallest absolute Gasteiger partial charge is 0.267 e. The SMILES string of the molecule is NCC1CCN1c1nc[nH]c(=O)c1Br. The topological polar surface area (TPSA) is 75.0 Å². The normalized spacial score (nSPS) is 20.7. The van der Waals surface area contributed by atoms with Gasteiger partial charge in [0, 0.05) is 19.1 Å². The van der Waals surface area contributed by atoms with Crippen LogP contribution in [-0.2, 0) is 0 Å². The third-order valence-corrected chi connectivity index (χ3v) is 3.18. The first-order valence-corrected chi connectivity index (χ1v) is 5.23. The second kappa shape index (κ2) is 3.70. The lowest BCUT2D eigenvalue weighted by molar-refractivity contribution is 0.450. The fourth-order valence-corrected chi connectivity index (χ4v) is 1.98. The van der Waals surface area contributed by atoms with Crippen molar-refractivity contribution in [2.45, 2.75) is 12.5 Å². The number of anilines is 1. The molecule has 1 aliphatic heterocycles. The first-order chi connectivity index (χ1) is 6.74. The lowest BCUT2D eigenvalue weighted by Gasteiger charge is -2.41. The van der Waals surface area contributed by atoms with Gasteiger partial charge in [-0.15, -0.1) is 0 Å².